The molecule has 2 aliphatic rings. The van der Waals surface area contributed by atoms with Crippen LogP contribution in [0, 0.1) is 5.92 Å². The van der Waals surface area contributed by atoms with Crippen molar-refractivity contribution < 1.29 is 13.2 Å². The normalized spacial score (nSPS) is 22.2. The van der Waals surface area contributed by atoms with E-state index in [-0.39, 0.29) is 28.9 Å². The molecule has 0 unspecified atom stereocenters. The van der Waals surface area contributed by atoms with Gasteiger partial charge in [0.05, 0.1) is 11.5 Å². The molecular weight excluding hydrogens is 324 g/mol. The molecule has 1 saturated heterocycles. The molecule has 1 aromatic rings. The number of carbonyl (C=O) groups is 1. The number of nitrogens with one attached hydrogen (secondary N) is 1. The summed E-state index contributed by atoms with van der Waals surface area (Å²) in [6.07, 6.45) is 1.61. The van der Waals surface area contributed by atoms with Crippen LogP contribution in [0.1, 0.15) is 31.4 Å². The zero-order valence-corrected chi connectivity index (χ0v) is 15.2. The van der Waals surface area contributed by atoms with Crippen molar-refractivity contribution in [2.24, 2.45) is 5.92 Å². The van der Waals surface area contributed by atoms with Crippen molar-refractivity contribution >= 4 is 15.9 Å². The molecule has 132 valence electrons. The largest absolute Gasteiger partial charge is 0.338 e. The molecule has 1 fully saturated rings. The maximum atomic E-state index is 12.5. The maximum absolute atomic E-state index is 12.5. The Morgan fingerprint density at radius 2 is 2.00 bits per heavy atom. The summed E-state index contributed by atoms with van der Waals surface area (Å²) in [5, 5.41) is 2.96. The van der Waals surface area contributed by atoms with Gasteiger partial charge in [0.25, 0.3) is 0 Å². The highest BCUT2D eigenvalue weighted by molar-refractivity contribution is 7.92. The third-order valence-corrected chi connectivity index (χ3v) is 7.04. The third kappa shape index (κ3) is 3.74. The zero-order chi connectivity index (χ0) is 17.4. The monoisotopic (exact) mass is 350 g/mol. The van der Waals surface area contributed by atoms with Crippen LogP contribution < -0.4 is 5.32 Å². The van der Waals surface area contributed by atoms with Crippen molar-refractivity contribution in [2.45, 2.75) is 32.1 Å². The van der Waals surface area contributed by atoms with Gasteiger partial charge in [0.15, 0.2) is 9.84 Å². The lowest BCUT2D eigenvalue weighted by Gasteiger charge is -2.31. The Hall–Kier alpha value is -1.56. The van der Waals surface area contributed by atoms with Crippen molar-refractivity contribution in [1.29, 1.82) is 0 Å². The van der Waals surface area contributed by atoms with Gasteiger partial charge in [-0.2, -0.15) is 0 Å². The second-order valence-corrected chi connectivity index (χ2v) is 9.83. The lowest BCUT2D eigenvalue weighted by molar-refractivity contribution is 0.188. The first-order valence-corrected chi connectivity index (χ1v) is 10.4. The van der Waals surface area contributed by atoms with Crippen LogP contribution >= 0.6 is 0 Å². The predicted molar refractivity (Wildman–Crippen MR) is 94.9 cm³/mol. The number of carbonyl (C=O) groups excluding carboxylic acids is 1. The van der Waals surface area contributed by atoms with Crippen LogP contribution in [0.2, 0.25) is 0 Å². The number of fused-ring (bicyclic) bond motifs is 1. The SMILES string of the molecule is CC1(C)CN(C(=O)NCCC2CS(=O)(=O)C2)CCc2ccccc21. The average Bonchev–Trinajstić information content (AvgIpc) is 2.62. The van der Waals surface area contributed by atoms with Crippen LogP contribution in [0.25, 0.3) is 0 Å². The highest BCUT2D eigenvalue weighted by atomic mass is 32.2. The molecule has 0 bridgehead atoms. The first-order valence-electron chi connectivity index (χ1n) is 8.58. The Morgan fingerprint density at radius 3 is 2.71 bits per heavy atom. The second-order valence-electron chi connectivity index (χ2n) is 7.68. The molecule has 2 heterocycles. The molecular formula is C18H26N2O3S. The Labute approximate surface area is 144 Å². The Bertz CT molecular complexity index is 716. The minimum atomic E-state index is -2.78. The van der Waals surface area contributed by atoms with Crippen molar-refractivity contribution in [1.82, 2.24) is 10.2 Å². The van der Waals surface area contributed by atoms with E-state index in [1.807, 2.05) is 4.90 Å². The molecule has 0 aliphatic carbocycles. The van der Waals surface area contributed by atoms with Gasteiger partial charge in [0, 0.05) is 25.0 Å². The molecule has 5 nitrogen and oxygen atoms in total. The van der Waals surface area contributed by atoms with Gasteiger partial charge >= 0.3 is 6.03 Å². The molecule has 2 amide bonds. The number of hydrogen-bond donors (Lipinski definition) is 1. The number of sulfone groups is 1. The number of benzene rings is 1. The van der Waals surface area contributed by atoms with Crippen LogP contribution in [0.15, 0.2) is 24.3 Å². The summed E-state index contributed by atoms with van der Waals surface area (Å²) < 4.78 is 22.3. The van der Waals surface area contributed by atoms with E-state index in [4.69, 9.17) is 0 Å². The van der Waals surface area contributed by atoms with Crippen LogP contribution in [0.3, 0.4) is 0 Å². The van der Waals surface area contributed by atoms with Crippen molar-refractivity contribution in [2.75, 3.05) is 31.1 Å². The highest BCUT2D eigenvalue weighted by Gasteiger charge is 2.33. The lowest BCUT2D eigenvalue weighted by Crippen LogP contribution is -2.46. The number of rotatable bonds is 3. The molecule has 2 aliphatic heterocycles. The zero-order valence-electron chi connectivity index (χ0n) is 14.4. The van der Waals surface area contributed by atoms with E-state index in [0.717, 1.165) is 12.8 Å². The van der Waals surface area contributed by atoms with Gasteiger partial charge in [-0.3, -0.25) is 0 Å². The molecule has 0 aromatic heterocycles. The summed E-state index contributed by atoms with van der Waals surface area (Å²) in [6.45, 7) is 6.30. The Balaban J connectivity index is 1.55. The predicted octanol–water partition coefficient (Wildman–Crippen LogP) is 1.97. The molecule has 6 heteroatoms. The van der Waals surface area contributed by atoms with E-state index in [1.54, 1.807) is 0 Å². The smallest absolute Gasteiger partial charge is 0.317 e. The second kappa shape index (κ2) is 6.39. The minimum absolute atomic E-state index is 0.0435. The minimum Gasteiger partial charge on any atom is -0.338 e. The molecule has 0 radical (unpaired) electrons. The summed E-state index contributed by atoms with van der Waals surface area (Å²) >= 11 is 0. The standard InChI is InChI=1S/C18H26N2O3S/c1-18(2)13-20(10-8-15-5-3-4-6-16(15)18)17(21)19-9-7-14-11-24(22,23)12-14/h3-6,14H,7-13H2,1-2H3,(H,19,21). The molecule has 1 N–H and O–H groups in total. The van der Waals surface area contributed by atoms with Crippen molar-refractivity contribution in [3.8, 4) is 0 Å². The van der Waals surface area contributed by atoms with E-state index in [2.05, 4.69) is 43.4 Å². The fourth-order valence-electron chi connectivity index (χ4n) is 3.80. The molecule has 1 aromatic carbocycles. The molecule has 0 saturated carbocycles. The molecule has 0 spiro atoms. The van der Waals surface area contributed by atoms with E-state index < -0.39 is 9.84 Å². The van der Waals surface area contributed by atoms with E-state index >= 15 is 0 Å². The van der Waals surface area contributed by atoms with Crippen LogP contribution in [-0.4, -0.2) is 50.5 Å². The van der Waals surface area contributed by atoms with E-state index in [0.29, 0.717) is 19.6 Å². The van der Waals surface area contributed by atoms with Gasteiger partial charge in [0.1, 0.15) is 0 Å². The van der Waals surface area contributed by atoms with Crippen LogP contribution in [0.5, 0.6) is 0 Å². The molecule has 3 rings (SSSR count). The Morgan fingerprint density at radius 1 is 1.29 bits per heavy atom. The lowest BCUT2D eigenvalue weighted by atomic mass is 9.82. The van der Waals surface area contributed by atoms with E-state index in [1.165, 1.54) is 11.1 Å². The number of nitrogens with zero attached hydrogens (tertiary/aromatic N) is 1. The Kier molecular flexibility index (Phi) is 4.60. The van der Waals surface area contributed by atoms with Gasteiger partial charge in [-0.1, -0.05) is 38.1 Å². The van der Waals surface area contributed by atoms with Gasteiger partial charge < -0.3 is 10.2 Å². The third-order valence-electron chi connectivity index (χ3n) is 5.08. The highest BCUT2D eigenvalue weighted by Crippen LogP contribution is 2.30. The fourth-order valence-corrected chi connectivity index (χ4v) is 5.47. The van der Waals surface area contributed by atoms with Gasteiger partial charge in [-0.05, 0) is 29.9 Å². The van der Waals surface area contributed by atoms with Gasteiger partial charge in [-0.25, -0.2) is 13.2 Å². The number of amides is 2. The summed E-state index contributed by atoms with van der Waals surface area (Å²) in [5.74, 6) is 0.754. The number of hydrogen-bond acceptors (Lipinski definition) is 3. The molecule has 0 atom stereocenters. The quantitative estimate of drug-likeness (QED) is 0.906. The van der Waals surface area contributed by atoms with Crippen LogP contribution in [-0.2, 0) is 21.7 Å². The summed E-state index contributed by atoms with van der Waals surface area (Å²) in [6, 6.07) is 8.38. The summed E-state index contributed by atoms with van der Waals surface area (Å²) in [7, 11) is -2.78. The van der Waals surface area contributed by atoms with Crippen molar-refractivity contribution in [3.63, 3.8) is 0 Å². The topological polar surface area (TPSA) is 66.5 Å². The number of urea groups is 1. The maximum Gasteiger partial charge on any atom is 0.317 e. The van der Waals surface area contributed by atoms with Crippen LogP contribution in [0.4, 0.5) is 4.79 Å². The van der Waals surface area contributed by atoms with E-state index in [9.17, 15) is 13.2 Å². The van der Waals surface area contributed by atoms with Gasteiger partial charge in [0.2, 0.25) is 0 Å². The van der Waals surface area contributed by atoms with Crippen molar-refractivity contribution in [3.05, 3.63) is 35.4 Å². The summed E-state index contributed by atoms with van der Waals surface area (Å²) in [5.41, 5.74) is 2.56. The first kappa shape index (κ1) is 17.3. The fraction of sp³-hybridized carbons (Fsp3) is 0.611. The molecule has 24 heavy (non-hydrogen) atoms. The first-order chi connectivity index (χ1) is 11.3. The van der Waals surface area contributed by atoms with Gasteiger partial charge in [-0.15, -0.1) is 0 Å². The summed E-state index contributed by atoms with van der Waals surface area (Å²) in [4.78, 5) is 14.4. The average molecular weight is 350 g/mol.